The quantitative estimate of drug-likeness (QED) is 0.614. The van der Waals surface area contributed by atoms with Crippen molar-refractivity contribution >= 4 is 21.6 Å². The predicted octanol–water partition coefficient (Wildman–Crippen LogP) is 2.97. The first kappa shape index (κ1) is 23.5. The number of nitrogens with zero attached hydrogens (tertiary/aromatic N) is 1. The highest BCUT2D eigenvalue weighted by Gasteiger charge is 2.31. The lowest BCUT2D eigenvalue weighted by atomic mass is 10.1. The van der Waals surface area contributed by atoms with Crippen molar-refractivity contribution in [3.8, 4) is 11.5 Å². The van der Waals surface area contributed by atoms with Crippen LogP contribution in [0.3, 0.4) is 0 Å². The molecule has 7 nitrogen and oxygen atoms in total. The summed E-state index contributed by atoms with van der Waals surface area (Å²) in [5.74, 6) is 0.719. The fourth-order valence-electron chi connectivity index (χ4n) is 3.12. The molecule has 0 aliphatic heterocycles. The Bertz CT molecular complexity index is 1000. The van der Waals surface area contributed by atoms with E-state index in [2.05, 4.69) is 5.32 Å². The molecular formula is C22H30N2O5S. The molecule has 0 spiro atoms. The van der Waals surface area contributed by atoms with Crippen LogP contribution < -0.4 is 19.1 Å². The highest BCUT2D eigenvalue weighted by molar-refractivity contribution is 7.92. The SMILES string of the molecule is COc1ccc(C)cc1N([C@@H](C)C(=O)NCCOc1cccc(C)c1C)S(C)(=O)=O. The highest BCUT2D eigenvalue weighted by atomic mass is 32.2. The summed E-state index contributed by atoms with van der Waals surface area (Å²) in [4.78, 5) is 12.7. The van der Waals surface area contributed by atoms with Crippen LogP contribution in [-0.2, 0) is 14.8 Å². The number of nitrogens with one attached hydrogen (secondary N) is 1. The van der Waals surface area contributed by atoms with E-state index in [0.29, 0.717) is 11.4 Å². The number of carbonyl (C=O) groups is 1. The first-order valence-electron chi connectivity index (χ1n) is 9.67. The van der Waals surface area contributed by atoms with Gasteiger partial charge in [-0.15, -0.1) is 0 Å². The number of hydrogen-bond donors (Lipinski definition) is 1. The van der Waals surface area contributed by atoms with E-state index in [1.54, 1.807) is 19.1 Å². The standard InChI is InChI=1S/C22H30N2O5S/c1-15-10-11-21(28-5)19(14-15)24(30(6,26)27)18(4)22(25)23-12-13-29-20-9-7-8-16(2)17(20)3/h7-11,14,18H,12-13H2,1-6H3,(H,23,25)/t18-/m0/s1. The number of methoxy groups -OCH3 is 1. The van der Waals surface area contributed by atoms with Gasteiger partial charge in [-0.25, -0.2) is 8.42 Å². The van der Waals surface area contributed by atoms with Gasteiger partial charge < -0.3 is 14.8 Å². The molecule has 2 aromatic carbocycles. The van der Waals surface area contributed by atoms with Gasteiger partial charge in [0, 0.05) is 0 Å². The maximum absolute atomic E-state index is 12.7. The second kappa shape index (κ2) is 9.84. The van der Waals surface area contributed by atoms with E-state index in [0.717, 1.165) is 33.0 Å². The number of benzene rings is 2. The predicted molar refractivity (Wildman–Crippen MR) is 119 cm³/mol. The van der Waals surface area contributed by atoms with Crippen molar-refractivity contribution in [3.63, 3.8) is 0 Å². The monoisotopic (exact) mass is 434 g/mol. The smallest absolute Gasteiger partial charge is 0.243 e. The molecule has 0 radical (unpaired) electrons. The van der Waals surface area contributed by atoms with Gasteiger partial charge in [0.15, 0.2) is 0 Å². The van der Waals surface area contributed by atoms with Gasteiger partial charge in [0.05, 0.1) is 25.6 Å². The zero-order chi connectivity index (χ0) is 22.5. The number of ether oxygens (including phenoxy) is 2. The van der Waals surface area contributed by atoms with Gasteiger partial charge in [-0.1, -0.05) is 18.2 Å². The molecule has 30 heavy (non-hydrogen) atoms. The second-order valence-electron chi connectivity index (χ2n) is 7.25. The maximum Gasteiger partial charge on any atom is 0.243 e. The number of carbonyl (C=O) groups excluding carboxylic acids is 1. The van der Waals surface area contributed by atoms with E-state index in [4.69, 9.17) is 9.47 Å². The molecule has 0 saturated heterocycles. The molecule has 0 aliphatic carbocycles. The molecule has 1 N–H and O–H groups in total. The van der Waals surface area contributed by atoms with Gasteiger partial charge >= 0.3 is 0 Å². The molecule has 0 unspecified atom stereocenters. The minimum Gasteiger partial charge on any atom is -0.495 e. The molecule has 0 bridgehead atoms. The third kappa shape index (κ3) is 5.66. The fraction of sp³-hybridized carbons (Fsp3) is 0.409. The van der Waals surface area contributed by atoms with Crippen molar-refractivity contribution in [2.75, 3.05) is 30.8 Å². The molecule has 1 amide bonds. The fourth-order valence-corrected chi connectivity index (χ4v) is 4.29. The van der Waals surface area contributed by atoms with Crippen LogP contribution >= 0.6 is 0 Å². The summed E-state index contributed by atoms with van der Waals surface area (Å²) in [5, 5.41) is 2.75. The normalized spacial score (nSPS) is 12.2. The average molecular weight is 435 g/mol. The summed E-state index contributed by atoms with van der Waals surface area (Å²) < 4.78 is 37.2. The first-order chi connectivity index (χ1) is 14.1. The minimum atomic E-state index is -3.73. The van der Waals surface area contributed by atoms with Crippen molar-refractivity contribution in [2.45, 2.75) is 33.7 Å². The molecule has 8 heteroatoms. The largest absolute Gasteiger partial charge is 0.495 e. The third-order valence-corrected chi connectivity index (χ3v) is 6.10. The zero-order valence-electron chi connectivity index (χ0n) is 18.4. The summed E-state index contributed by atoms with van der Waals surface area (Å²) in [6.45, 7) is 7.90. The van der Waals surface area contributed by atoms with E-state index in [1.165, 1.54) is 7.11 Å². The zero-order valence-corrected chi connectivity index (χ0v) is 19.2. The van der Waals surface area contributed by atoms with Gasteiger partial charge in [-0.05, 0) is 62.6 Å². The Morgan fingerprint density at radius 1 is 1.13 bits per heavy atom. The molecule has 1 atom stereocenters. The molecule has 2 aromatic rings. The first-order valence-corrected chi connectivity index (χ1v) is 11.5. The lowest BCUT2D eigenvalue weighted by Gasteiger charge is -2.29. The van der Waals surface area contributed by atoms with Crippen molar-refractivity contribution < 1.29 is 22.7 Å². The van der Waals surface area contributed by atoms with Crippen molar-refractivity contribution in [3.05, 3.63) is 53.1 Å². The number of anilines is 1. The molecule has 0 fully saturated rings. The Balaban J connectivity index is 2.10. The van der Waals surface area contributed by atoms with Gasteiger partial charge in [0.1, 0.15) is 24.1 Å². The van der Waals surface area contributed by atoms with Gasteiger partial charge in [-0.3, -0.25) is 9.10 Å². The van der Waals surface area contributed by atoms with Crippen molar-refractivity contribution in [1.82, 2.24) is 5.32 Å². The summed E-state index contributed by atoms with van der Waals surface area (Å²) in [6.07, 6.45) is 1.07. The van der Waals surface area contributed by atoms with E-state index >= 15 is 0 Å². The lowest BCUT2D eigenvalue weighted by molar-refractivity contribution is -0.121. The number of sulfonamides is 1. The van der Waals surface area contributed by atoms with Crippen LogP contribution in [0, 0.1) is 20.8 Å². The van der Waals surface area contributed by atoms with Gasteiger partial charge in [0.2, 0.25) is 15.9 Å². The van der Waals surface area contributed by atoms with Crippen LogP contribution in [0.4, 0.5) is 5.69 Å². The molecule has 0 aromatic heterocycles. The Kier molecular flexibility index (Phi) is 7.72. The molecular weight excluding hydrogens is 404 g/mol. The van der Waals surface area contributed by atoms with Gasteiger partial charge in [-0.2, -0.15) is 0 Å². The van der Waals surface area contributed by atoms with Crippen LogP contribution in [-0.4, -0.2) is 46.9 Å². The number of amides is 1. The number of aryl methyl sites for hydroxylation is 2. The Labute approximate surface area is 179 Å². The Hall–Kier alpha value is -2.74. The maximum atomic E-state index is 12.7. The molecule has 0 aliphatic rings. The second-order valence-corrected chi connectivity index (χ2v) is 9.11. The van der Waals surface area contributed by atoms with E-state index < -0.39 is 22.0 Å². The number of rotatable bonds is 9. The van der Waals surface area contributed by atoms with Crippen molar-refractivity contribution in [2.24, 2.45) is 0 Å². The van der Waals surface area contributed by atoms with Crippen LogP contribution in [0.1, 0.15) is 23.6 Å². The average Bonchev–Trinajstić information content (AvgIpc) is 2.67. The number of hydrogen-bond acceptors (Lipinski definition) is 5. The van der Waals surface area contributed by atoms with Crippen LogP contribution in [0.2, 0.25) is 0 Å². The van der Waals surface area contributed by atoms with Crippen molar-refractivity contribution in [1.29, 1.82) is 0 Å². The highest BCUT2D eigenvalue weighted by Crippen LogP contribution is 2.32. The lowest BCUT2D eigenvalue weighted by Crippen LogP contribution is -2.48. The molecule has 0 saturated carbocycles. The molecule has 2 rings (SSSR count). The minimum absolute atomic E-state index is 0.249. The molecule has 0 heterocycles. The topological polar surface area (TPSA) is 84.9 Å². The van der Waals surface area contributed by atoms with Gasteiger partial charge in [0.25, 0.3) is 0 Å². The summed E-state index contributed by atoms with van der Waals surface area (Å²) in [6, 6.07) is 10.0. The Morgan fingerprint density at radius 2 is 1.83 bits per heavy atom. The van der Waals surface area contributed by atoms with Crippen LogP contribution in [0.25, 0.3) is 0 Å². The summed E-state index contributed by atoms with van der Waals surface area (Å²) in [5.41, 5.74) is 3.36. The summed E-state index contributed by atoms with van der Waals surface area (Å²) >= 11 is 0. The van der Waals surface area contributed by atoms with E-state index in [9.17, 15) is 13.2 Å². The third-order valence-electron chi connectivity index (χ3n) is 4.87. The van der Waals surface area contributed by atoms with Crippen LogP contribution in [0.5, 0.6) is 11.5 Å². The molecule has 164 valence electrons. The summed E-state index contributed by atoms with van der Waals surface area (Å²) in [7, 11) is -2.27. The Morgan fingerprint density at radius 3 is 2.47 bits per heavy atom. The van der Waals surface area contributed by atoms with E-state index in [-0.39, 0.29) is 13.2 Å². The van der Waals surface area contributed by atoms with Crippen LogP contribution in [0.15, 0.2) is 36.4 Å². The van der Waals surface area contributed by atoms with E-state index in [1.807, 2.05) is 45.0 Å².